The fraction of sp³-hybridized carbons (Fsp3) is 0.500. The van der Waals surface area contributed by atoms with Gasteiger partial charge in [0.1, 0.15) is 17.0 Å². The number of nitrogens with zero attached hydrogens (tertiary/aromatic N) is 3. The predicted molar refractivity (Wildman–Crippen MR) is 81.1 cm³/mol. The highest BCUT2D eigenvalue weighted by atomic mass is 32.1. The van der Waals surface area contributed by atoms with Crippen LogP contribution in [0.2, 0.25) is 0 Å². The van der Waals surface area contributed by atoms with E-state index >= 15 is 0 Å². The highest BCUT2D eigenvalue weighted by Crippen LogP contribution is 2.35. The Hall–Kier alpha value is -1.73. The first kappa shape index (κ1) is 14.2. The molecule has 2 aromatic rings. The number of hydrogen-bond acceptors (Lipinski definition) is 6. The number of hydrogen-bond donors (Lipinski definition) is 1. The van der Waals surface area contributed by atoms with Gasteiger partial charge in [-0.05, 0) is 19.4 Å². The molecule has 3 rings (SSSR count). The number of thiophene rings is 1. The Labute approximate surface area is 126 Å². The van der Waals surface area contributed by atoms with Gasteiger partial charge in [-0.1, -0.05) is 0 Å². The summed E-state index contributed by atoms with van der Waals surface area (Å²) in [4.78, 5) is 24.1. The normalized spacial score (nSPS) is 19.1. The van der Waals surface area contributed by atoms with Crippen molar-refractivity contribution in [3.8, 4) is 0 Å². The summed E-state index contributed by atoms with van der Waals surface area (Å²) in [5.41, 5.74) is 1.17. The third kappa shape index (κ3) is 2.58. The van der Waals surface area contributed by atoms with Crippen LogP contribution >= 0.6 is 11.3 Å². The zero-order chi connectivity index (χ0) is 15.0. The molecule has 1 atom stereocenters. The van der Waals surface area contributed by atoms with Crippen molar-refractivity contribution in [2.45, 2.75) is 26.3 Å². The van der Waals surface area contributed by atoms with Crippen molar-refractivity contribution in [3.63, 3.8) is 0 Å². The van der Waals surface area contributed by atoms with Crippen molar-refractivity contribution in [1.82, 2.24) is 9.97 Å². The zero-order valence-electron chi connectivity index (χ0n) is 12.0. The number of ether oxygens (including phenoxy) is 1. The maximum atomic E-state index is 11.1. The maximum Gasteiger partial charge on any atom is 0.305 e. The van der Waals surface area contributed by atoms with E-state index in [4.69, 9.17) is 9.84 Å². The minimum Gasteiger partial charge on any atom is -0.481 e. The van der Waals surface area contributed by atoms with Gasteiger partial charge in [0.15, 0.2) is 0 Å². The minimum atomic E-state index is -0.820. The molecule has 1 N–H and O–H groups in total. The average molecular weight is 307 g/mol. The molecule has 2 aromatic heterocycles. The molecule has 1 saturated heterocycles. The number of fused-ring (bicyclic) bond motifs is 1. The number of aromatic nitrogens is 2. The third-order valence-electron chi connectivity index (χ3n) is 3.86. The van der Waals surface area contributed by atoms with Gasteiger partial charge in [-0.25, -0.2) is 9.97 Å². The van der Waals surface area contributed by atoms with Crippen molar-refractivity contribution in [2.24, 2.45) is 0 Å². The Morgan fingerprint density at radius 1 is 1.52 bits per heavy atom. The second kappa shape index (κ2) is 5.57. The van der Waals surface area contributed by atoms with Crippen LogP contribution in [0.15, 0.2) is 6.33 Å². The molecule has 0 bridgehead atoms. The topological polar surface area (TPSA) is 75.5 Å². The molecule has 6 nitrogen and oxygen atoms in total. The van der Waals surface area contributed by atoms with Crippen LogP contribution in [0.25, 0.3) is 10.2 Å². The van der Waals surface area contributed by atoms with Gasteiger partial charge in [0.2, 0.25) is 0 Å². The summed E-state index contributed by atoms with van der Waals surface area (Å²) in [5, 5.41) is 10.1. The molecule has 1 fully saturated rings. The zero-order valence-corrected chi connectivity index (χ0v) is 12.8. The summed E-state index contributed by atoms with van der Waals surface area (Å²) in [6.45, 7) is 5.79. The largest absolute Gasteiger partial charge is 0.481 e. The Kier molecular flexibility index (Phi) is 3.77. The summed E-state index contributed by atoms with van der Waals surface area (Å²) in [5.74, 6) is 0.00965. The second-order valence-electron chi connectivity index (χ2n) is 5.18. The Morgan fingerprint density at radius 3 is 3.10 bits per heavy atom. The van der Waals surface area contributed by atoms with Crippen molar-refractivity contribution < 1.29 is 14.6 Å². The van der Waals surface area contributed by atoms with Crippen LogP contribution < -0.4 is 4.90 Å². The maximum absolute atomic E-state index is 11.1. The molecule has 21 heavy (non-hydrogen) atoms. The molecule has 3 heterocycles. The number of aryl methyl sites for hydroxylation is 2. The highest BCUT2D eigenvalue weighted by Gasteiger charge is 2.28. The standard InChI is InChI=1S/C14H17N3O3S/c1-8-9(2)21-14-12(8)13(15-7-16-14)17-3-4-20-6-10(17)5-11(18)19/h7,10H,3-6H2,1-2H3,(H,18,19). The van der Waals surface area contributed by atoms with E-state index in [0.717, 1.165) is 16.0 Å². The number of aliphatic carboxylic acids is 1. The fourth-order valence-electron chi connectivity index (χ4n) is 2.69. The minimum absolute atomic E-state index is 0.0493. The summed E-state index contributed by atoms with van der Waals surface area (Å²) < 4.78 is 5.44. The molecule has 0 aromatic carbocycles. The van der Waals surface area contributed by atoms with Gasteiger partial charge in [-0.15, -0.1) is 11.3 Å². The SMILES string of the molecule is Cc1sc2ncnc(N3CCOCC3CC(=O)O)c2c1C. The van der Waals surface area contributed by atoms with E-state index in [1.807, 2.05) is 0 Å². The van der Waals surface area contributed by atoms with Crippen molar-refractivity contribution >= 4 is 33.3 Å². The van der Waals surface area contributed by atoms with Crippen molar-refractivity contribution in [3.05, 3.63) is 16.8 Å². The van der Waals surface area contributed by atoms with Gasteiger partial charge in [0, 0.05) is 11.4 Å². The first-order chi connectivity index (χ1) is 10.1. The van der Waals surface area contributed by atoms with Crippen LogP contribution in [-0.4, -0.2) is 46.8 Å². The molecule has 1 unspecified atom stereocenters. The number of anilines is 1. The Bertz CT molecular complexity index is 685. The lowest BCUT2D eigenvalue weighted by Gasteiger charge is -2.36. The molecule has 0 spiro atoms. The Morgan fingerprint density at radius 2 is 2.33 bits per heavy atom. The van der Waals surface area contributed by atoms with Crippen molar-refractivity contribution in [1.29, 1.82) is 0 Å². The van der Waals surface area contributed by atoms with E-state index in [1.54, 1.807) is 17.7 Å². The van der Waals surface area contributed by atoms with Crippen LogP contribution in [0.1, 0.15) is 16.9 Å². The third-order valence-corrected chi connectivity index (χ3v) is 4.97. The first-order valence-corrected chi connectivity index (χ1v) is 7.66. The molecule has 1 aliphatic rings. The molecule has 0 amide bonds. The van der Waals surface area contributed by atoms with Gasteiger partial charge in [-0.3, -0.25) is 4.79 Å². The van der Waals surface area contributed by atoms with Gasteiger partial charge in [0.05, 0.1) is 31.1 Å². The smallest absolute Gasteiger partial charge is 0.305 e. The average Bonchev–Trinajstić information content (AvgIpc) is 2.74. The van der Waals surface area contributed by atoms with E-state index in [1.165, 1.54) is 10.4 Å². The molecule has 7 heteroatoms. The van der Waals surface area contributed by atoms with Crippen LogP contribution in [0, 0.1) is 13.8 Å². The number of carbonyl (C=O) groups is 1. The molecular weight excluding hydrogens is 290 g/mol. The van der Waals surface area contributed by atoms with E-state index in [0.29, 0.717) is 19.8 Å². The molecule has 1 aliphatic heterocycles. The summed E-state index contributed by atoms with van der Waals surface area (Å²) in [7, 11) is 0. The predicted octanol–water partition coefficient (Wildman–Crippen LogP) is 1.99. The quantitative estimate of drug-likeness (QED) is 0.934. The van der Waals surface area contributed by atoms with Crippen LogP contribution in [0.3, 0.4) is 0 Å². The van der Waals surface area contributed by atoms with E-state index in [-0.39, 0.29) is 12.5 Å². The summed E-state index contributed by atoms with van der Waals surface area (Å²) in [6, 6.07) is -0.186. The lowest BCUT2D eigenvalue weighted by Crippen LogP contribution is -2.47. The van der Waals surface area contributed by atoms with Crippen LogP contribution in [0.5, 0.6) is 0 Å². The fourth-order valence-corrected chi connectivity index (χ4v) is 3.68. The molecule has 0 saturated carbocycles. The molecule has 112 valence electrons. The number of carboxylic acid groups (broad SMARTS) is 1. The second-order valence-corrected chi connectivity index (χ2v) is 6.38. The van der Waals surface area contributed by atoms with Gasteiger partial charge in [-0.2, -0.15) is 0 Å². The van der Waals surface area contributed by atoms with Crippen LogP contribution in [0.4, 0.5) is 5.82 Å². The van der Waals surface area contributed by atoms with Gasteiger partial charge < -0.3 is 14.7 Å². The molecular formula is C14H17N3O3S. The summed E-state index contributed by atoms with van der Waals surface area (Å²) in [6.07, 6.45) is 1.61. The van der Waals surface area contributed by atoms with E-state index in [9.17, 15) is 4.79 Å². The van der Waals surface area contributed by atoms with E-state index in [2.05, 4.69) is 28.7 Å². The van der Waals surface area contributed by atoms with Gasteiger partial charge >= 0.3 is 5.97 Å². The number of carboxylic acids is 1. The monoisotopic (exact) mass is 307 g/mol. The Balaban J connectivity index is 2.07. The van der Waals surface area contributed by atoms with Crippen molar-refractivity contribution in [2.75, 3.05) is 24.7 Å². The molecule has 0 radical (unpaired) electrons. The molecule has 0 aliphatic carbocycles. The highest BCUT2D eigenvalue weighted by molar-refractivity contribution is 7.18. The van der Waals surface area contributed by atoms with Crippen LogP contribution in [-0.2, 0) is 9.53 Å². The summed E-state index contributed by atoms with van der Waals surface area (Å²) >= 11 is 1.65. The number of morpholine rings is 1. The lowest BCUT2D eigenvalue weighted by atomic mass is 10.1. The lowest BCUT2D eigenvalue weighted by molar-refractivity contribution is -0.138. The van der Waals surface area contributed by atoms with E-state index < -0.39 is 5.97 Å². The van der Waals surface area contributed by atoms with Gasteiger partial charge in [0.25, 0.3) is 0 Å². The number of rotatable bonds is 3. The first-order valence-electron chi connectivity index (χ1n) is 6.85.